The van der Waals surface area contributed by atoms with Gasteiger partial charge in [0, 0.05) is 44.3 Å². The fourth-order valence-corrected chi connectivity index (χ4v) is 4.40. The summed E-state index contributed by atoms with van der Waals surface area (Å²) < 4.78 is 5.51. The summed E-state index contributed by atoms with van der Waals surface area (Å²) in [6.45, 7) is 8.76. The standard InChI is InChI=1S/C21H34ClN5O.HI/c1-4-9-26-10-7-16(14-26)13-24-21(23-2)25-18-8-11-27(15-18)19-12-17(22)5-6-20(19)28-3;/h5-6,12,16,18H,4,7-11,13-15H2,1-3H3,(H2,23,24,25);1H. The summed E-state index contributed by atoms with van der Waals surface area (Å²) >= 11 is 6.20. The van der Waals surface area contributed by atoms with Gasteiger partial charge >= 0.3 is 0 Å². The van der Waals surface area contributed by atoms with Crippen LogP contribution in [0.1, 0.15) is 26.2 Å². The molecule has 2 saturated heterocycles. The fourth-order valence-electron chi connectivity index (χ4n) is 4.23. The largest absolute Gasteiger partial charge is 0.495 e. The van der Waals surface area contributed by atoms with Gasteiger partial charge in [0.1, 0.15) is 5.75 Å². The molecule has 0 spiro atoms. The van der Waals surface area contributed by atoms with E-state index in [9.17, 15) is 0 Å². The molecule has 8 heteroatoms. The van der Waals surface area contributed by atoms with Crippen LogP contribution in [0.25, 0.3) is 0 Å². The molecule has 6 nitrogen and oxygen atoms in total. The second-order valence-electron chi connectivity index (χ2n) is 7.80. The highest BCUT2D eigenvalue weighted by molar-refractivity contribution is 14.0. The van der Waals surface area contributed by atoms with Crippen molar-refractivity contribution in [2.24, 2.45) is 10.9 Å². The Morgan fingerprint density at radius 1 is 1.28 bits per heavy atom. The third kappa shape index (κ3) is 6.79. The molecule has 29 heavy (non-hydrogen) atoms. The van der Waals surface area contributed by atoms with Gasteiger partial charge in [-0.05, 0) is 56.5 Å². The van der Waals surface area contributed by atoms with Crippen molar-refractivity contribution in [3.8, 4) is 5.75 Å². The van der Waals surface area contributed by atoms with Crippen molar-refractivity contribution < 1.29 is 4.74 Å². The second-order valence-corrected chi connectivity index (χ2v) is 8.24. The summed E-state index contributed by atoms with van der Waals surface area (Å²) in [6.07, 6.45) is 3.57. The number of rotatable bonds is 7. The zero-order valence-electron chi connectivity index (χ0n) is 17.8. The van der Waals surface area contributed by atoms with Crippen LogP contribution in [0.2, 0.25) is 5.02 Å². The number of methoxy groups -OCH3 is 1. The Morgan fingerprint density at radius 2 is 2.10 bits per heavy atom. The van der Waals surface area contributed by atoms with E-state index in [4.69, 9.17) is 16.3 Å². The van der Waals surface area contributed by atoms with Gasteiger partial charge in [-0.1, -0.05) is 18.5 Å². The second kappa shape index (κ2) is 12.1. The molecule has 2 aliphatic rings. The number of benzene rings is 1. The van der Waals surface area contributed by atoms with Gasteiger partial charge < -0.3 is 25.2 Å². The molecule has 0 aromatic heterocycles. The predicted octanol–water partition coefficient (Wildman–Crippen LogP) is 3.44. The lowest BCUT2D eigenvalue weighted by Crippen LogP contribution is -2.46. The number of nitrogens with zero attached hydrogens (tertiary/aromatic N) is 3. The maximum atomic E-state index is 6.20. The molecule has 0 saturated carbocycles. The predicted molar refractivity (Wildman–Crippen MR) is 133 cm³/mol. The van der Waals surface area contributed by atoms with E-state index in [1.165, 1.54) is 32.5 Å². The number of aliphatic imine (C=N–C) groups is 1. The number of guanidine groups is 1. The molecule has 2 aliphatic heterocycles. The number of ether oxygens (including phenoxy) is 1. The Hall–Kier alpha value is -0.930. The maximum Gasteiger partial charge on any atom is 0.191 e. The van der Waals surface area contributed by atoms with E-state index >= 15 is 0 Å². The van der Waals surface area contributed by atoms with E-state index in [1.807, 2.05) is 25.2 Å². The van der Waals surface area contributed by atoms with Crippen LogP contribution in [0, 0.1) is 5.92 Å². The molecule has 0 aliphatic carbocycles. The number of hydrogen-bond acceptors (Lipinski definition) is 4. The zero-order valence-corrected chi connectivity index (χ0v) is 20.9. The van der Waals surface area contributed by atoms with Gasteiger partial charge in [0.2, 0.25) is 0 Å². The van der Waals surface area contributed by atoms with Crippen molar-refractivity contribution in [2.45, 2.75) is 32.2 Å². The molecule has 164 valence electrons. The summed E-state index contributed by atoms with van der Waals surface area (Å²) in [5, 5.41) is 7.86. The normalized spacial score (nSPS) is 22.5. The molecule has 2 N–H and O–H groups in total. The average molecular weight is 536 g/mol. The molecule has 2 unspecified atom stereocenters. The summed E-state index contributed by atoms with van der Waals surface area (Å²) in [4.78, 5) is 9.32. The third-order valence-electron chi connectivity index (χ3n) is 5.70. The number of likely N-dealkylation sites (tertiary alicyclic amines) is 1. The Bertz CT molecular complexity index is 674. The number of hydrogen-bond donors (Lipinski definition) is 2. The minimum atomic E-state index is 0. The molecule has 2 fully saturated rings. The topological polar surface area (TPSA) is 52.1 Å². The highest BCUT2D eigenvalue weighted by atomic mass is 127. The van der Waals surface area contributed by atoms with Crippen LogP contribution >= 0.6 is 35.6 Å². The molecular formula is C21H35ClIN5O. The molecule has 0 radical (unpaired) electrons. The van der Waals surface area contributed by atoms with Crippen LogP contribution < -0.4 is 20.3 Å². The number of halogens is 2. The van der Waals surface area contributed by atoms with E-state index in [0.29, 0.717) is 12.0 Å². The van der Waals surface area contributed by atoms with Gasteiger partial charge in [-0.3, -0.25) is 4.99 Å². The van der Waals surface area contributed by atoms with Crippen molar-refractivity contribution >= 4 is 47.2 Å². The van der Waals surface area contributed by atoms with Gasteiger partial charge in [0.25, 0.3) is 0 Å². The van der Waals surface area contributed by atoms with E-state index < -0.39 is 0 Å². The summed E-state index contributed by atoms with van der Waals surface area (Å²) in [5.74, 6) is 2.48. The first-order valence-electron chi connectivity index (χ1n) is 10.4. The van der Waals surface area contributed by atoms with E-state index in [2.05, 4.69) is 32.3 Å². The monoisotopic (exact) mass is 535 g/mol. The summed E-state index contributed by atoms with van der Waals surface area (Å²) in [7, 11) is 3.55. The van der Waals surface area contributed by atoms with Crippen LogP contribution in [0.5, 0.6) is 5.75 Å². The average Bonchev–Trinajstić information content (AvgIpc) is 3.35. The minimum absolute atomic E-state index is 0. The van der Waals surface area contributed by atoms with Crippen molar-refractivity contribution in [1.29, 1.82) is 0 Å². The quantitative estimate of drug-likeness (QED) is 0.318. The molecule has 2 atom stereocenters. The molecule has 0 bridgehead atoms. The SMILES string of the molecule is CCCN1CCC(CNC(=NC)NC2CCN(c3cc(Cl)ccc3OC)C2)C1.I. The molecule has 3 rings (SSSR count). The highest BCUT2D eigenvalue weighted by Crippen LogP contribution is 2.33. The van der Waals surface area contributed by atoms with Gasteiger partial charge in [-0.15, -0.1) is 24.0 Å². The van der Waals surface area contributed by atoms with Crippen molar-refractivity contribution in [2.75, 3.05) is 58.3 Å². The van der Waals surface area contributed by atoms with Gasteiger partial charge in [0.05, 0.1) is 12.8 Å². The van der Waals surface area contributed by atoms with Crippen LogP contribution in [0.4, 0.5) is 5.69 Å². The van der Waals surface area contributed by atoms with Crippen LogP contribution in [0.3, 0.4) is 0 Å². The van der Waals surface area contributed by atoms with Crippen molar-refractivity contribution in [3.63, 3.8) is 0 Å². The van der Waals surface area contributed by atoms with Crippen molar-refractivity contribution in [3.05, 3.63) is 23.2 Å². The first-order chi connectivity index (χ1) is 13.6. The van der Waals surface area contributed by atoms with Crippen LogP contribution in [0.15, 0.2) is 23.2 Å². The molecule has 2 heterocycles. The third-order valence-corrected chi connectivity index (χ3v) is 5.94. The zero-order chi connectivity index (χ0) is 19.9. The summed E-state index contributed by atoms with van der Waals surface area (Å²) in [5.41, 5.74) is 1.06. The Labute approximate surface area is 197 Å². The van der Waals surface area contributed by atoms with E-state index in [0.717, 1.165) is 48.5 Å². The van der Waals surface area contributed by atoms with E-state index in [1.54, 1.807) is 7.11 Å². The smallest absolute Gasteiger partial charge is 0.191 e. The first-order valence-corrected chi connectivity index (χ1v) is 10.8. The Morgan fingerprint density at radius 3 is 2.83 bits per heavy atom. The molecule has 1 aromatic carbocycles. The minimum Gasteiger partial charge on any atom is -0.495 e. The van der Waals surface area contributed by atoms with Crippen LogP contribution in [-0.4, -0.2) is 70.3 Å². The van der Waals surface area contributed by atoms with Gasteiger partial charge in [-0.2, -0.15) is 0 Å². The summed E-state index contributed by atoms with van der Waals surface area (Å²) in [6, 6.07) is 6.14. The maximum absolute atomic E-state index is 6.20. The van der Waals surface area contributed by atoms with E-state index in [-0.39, 0.29) is 24.0 Å². The number of nitrogens with one attached hydrogen (secondary N) is 2. The fraction of sp³-hybridized carbons (Fsp3) is 0.667. The van der Waals surface area contributed by atoms with Crippen LogP contribution in [-0.2, 0) is 0 Å². The lowest BCUT2D eigenvalue weighted by Gasteiger charge is -2.23. The van der Waals surface area contributed by atoms with Gasteiger partial charge in [0.15, 0.2) is 5.96 Å². The van der Waals surface area contributed by atoms with Crippen molar-refractivity contribution in [1.82, 2.24) is 15.5 Å². The van der Waals surface area contributed by atoms with Gasteiger partial charge in [-0.25, -0.2) is 0 Å². The molecule has 1 aromatic rings. The Balaban J connectivity index is 0.00000300. The Kier molecular flexibility index (Phi) is 10.1. The first kappa shape index (κ1) is 24.3. The molecule has 0 amide bonds. The molecular weight excluding hydrogens is 501 g/mol. The lowest BCUT2D eigenvalue weighted by atomic mass is 10.1. The lowest BCUT2D eigenvalue weighted by molar-refractivity contribution is 0.324. The number of anilines is 1. The highest BCUT2D eigenvalue weighted by Gasteiger charge is 2.26.